The summed E-state index contributed by atoms with van der Waals surface area (Å²) in [5.74, 6) is 0.439. The number of carbonyl (C=O) groups is 1. The fraction of sp³-hybridized carbons (Fsp3) is 0.450. The van der Waals surface area contributed by atoms with Gasteiger partial charge in [-0.25, -0.2) is 0 Å². The van der Waals surface area contributed by atoms with E-state index in [2.05, 4.69) is 62.5 Å². The lowest BCUT2D eigenvalue weighted by Gasteiger charge is -2.22. The summed E-state index contributed by atoms with van der Waals surface area (Å²) in [5.41, 5.74) is 2.43. The van der Waals surface area contributed by atoms with Crippen LogP contribution in [0.5, 0.6) is 0 Å². The average molecular weight is 297 g/mol. The van der Waals surface area contributed by atoms with Gasteiger partial charge in [0.2, 0.25) is 0 Å². The van der Waals surface area contributed by atoms with Gasteiger partial charge >= 0.3 is 0 Å². The molecule has 118 valence electrons. The predicted octanol–water partition coefficient (Wildman–Crippen LogP) is 5.21. The fourth-order valence-corrected chi connectivity index (χ4v) is 2.75. The van der Waals surface area contributed by atoms with E-state index < -0.39 is 0 Å². The molecular formula is C20H27NO. The highest BCUT2D eigenvalue weighted by Gasteiger charge is 2.12. The molecule has 0 saturated heterocycles. The second-order valence-corrected chi connectivity index (χ2v) is 7.20. The van der Waals surface area contributed by atoms with E-state index in [1.54, 1.807) is 0 Å². The van der Waals surface area contributed by atoms with Crippen LogP contribution in [0.3, 0.4) is 0 Å². The highest BCUT2D eigenvalue weighted by Crippen LogP contribution is 2.24. The molecule has 22 heavy (non-hydrogen) atoms. The molecule has 0 aliphatic carbocycles. The van der Waals surface area contributed by atoms with Crippen molar-refractivity contribution < 1.29 is 4.79 Å². The molecule has 1 unspecified atom stereocenters. The molecule has 0 bridgehead atoms. The normalized spacial score (nSPS) is 13.1. The number of Topliss-reactive ketones (excluding diaryl/α,β-unsaturated/α-hetero) is 1. The topological polar surface area (TPSA) is 29.1 Å². The number of nitrogens with one attached hydrogen (secondary N) is 1. The molecule has 2 rings (SSSR count). The number of hydrogen-bond donors (Lipinski definition) is 1. The molecule has 0 fully saturated rings. The second-order valence-electron chi connectivity index (χ2n) is 7.20. The van der Waals surface area contributed by atoms with E-state index >= 15 is 0 Å². The first-order chi connectivity index (χ1) is 10.3. The number of benzene rings is 2. The number of ketones is 1. The minimum atomic E-state index is 0.0591. The second kappa shape index (κ2) is 6.51. The Kier molecular flexibility index (Phi) is 4.90. The largest absolute Gasteiger partial charge is 0.380 e. The van der Waals surface area contributed by atoms with Crippen LogP contribution in [0.2, 0.25) is 0 Å². The molecule has 0 aromatic heterocycles. The van der Waals surface area contributed by atoms with Gasteiger partial charge < -0.3 is 5.32 Å². The lowest BCUT2D eigenvalue weighted by atomic mass is 9.94. The Hall–Kier alpha value is -1.83. The zero-order chi connectivity index (χ0) is 16.3. The van der Waals surface area contributed by atoms with Crippen molar-refractivity contribution in [3.8, 4) is 0 Å². The maximum absolute atomic E-state index is 11.7. The Bertz CT molecular complexity index is 667. The maximum atomic E-state index is 11.7. The van der Waals surface area contributed by atoms with E-state index in [1.165, 1.54) is 16.3 Å². The van der Waals surface area contributed by atoms with Gasteiger partial charge in [0.25, 0.3) is 0 Å². The van der Waals surface area contributed by atoms with Crippen LogP contribution in [0.1, 0.15) is 46.6 Å². The highest BCUT2D eigenvalue weighted by atomic mass is 16.1. The molecule has 0 heterocycles. The minimum Gasteiger partial charge on any atom is -0.380 e. The Morgan fingerprint density at radius 3 is 2.36 bits per heavy atom. The standard InChI is InChI=1S/C20H27NO/c1-6-19(22)14(2)11-15-7-8-17-13-18(21-20(3,4)5)10-9-16(17)12-15/h7-10,12-14,21H,6,11H2,1-5H3. The SMILES string of the molecule is CCC(=O)C(C)Cc1ccc2cc(NC(C)(C)C)ccc2c1. The number of carbonyl (C=O) groups excluding carboxylic acids is 1. The van der Waals surface area contributed by atoms with Gasteiger partial charge in [-0.2, -0.15) is 0 Å². The van der Waals surface area contributed by atoms with Crippen molar-refractivity contribution in [2.45, 2.75) is 53.0 Å². The van der Waals surface area contributed by atoms with E-state index in [-0.39, 0.29) is 11.5 Å². The molecule has 1 atom stereocenters. The molecule has 0 radical (unpaired) electrons. The third-order valence-corrected chi connectivity index (χ3v) is 3.86. The van der Waals surface area contributed by atoms with Gasteiger partial charge in [-0.3, -0.25) is 4.79 Å². The fourth-order valence-electron chi connectivity index (χ4n) is 2.75. The Labute approximate surface area is 133 Å². The molecule has 0 spiro atoms. The van der Waals surface area contributed by atoms with Crippen LogP contribution in [-0.2, 0) is 11.2 Å². The molecule has 2 nitrogen and oxygen atoms in total. The van der Waals surface area contributed by atoms with Crippen LogP contribution >= 0.6 is 0 Å². The van der Waals surface area contributed by atoms with Crippen molar-refractivity contribution >= 4 is 22.2 Å². The van der Waals surface area contributed by atoms with Crippen LogP contribution in [0.15, 0.2) is 36.4 Å². The highest BCUT2D eigenvalue weighted by molar-refractivity contribution is 5.87. The summed E-state index contributed by atoms with van der Waals surface area (Å²) in [7, 11) is 0. The lowest BCUT2D eigenvalue weighted by molar-refractivity contribution is -0.122. The summed E-state index contributed by atoms with van der Waals surface area (Å²) in [6.07, 6.45) is 1.45. The van der Waals surface area contributed by atoms with Gasteiger partial charge in [0, 0.05) is 23.6 Å². The first-order valence-corrected chi connectivity index (χ1v) is 8.12. The summed E-state index contributed by atoms with van der Waals surface area (Å²) >= 11 is 0. The van der Waals surface area contributed by atoms with Crippen molar-refractivity contribution in [3.63, 3.8) is 0 Å². The van der Waals surface area contributed by atoms with Crippen molar-refractivity contribution in [3.05, 3.63) is 42.0 Å². The monoisotopic (exact) mass is 297 g/mol. The quantitative estimate of drug-likeness (QED) is 0.821. The number of anilines is 1. The van der Waals surface area contributed by atoms with Crippen LogP contribution < -0.4 is 5.32 Å². The van der Waals surface area contributed by atoms with Crippen molar-refractivity contribution in [1.82, 2.24) is 0 Å². The third kappa shape index (κ3) is 4.33. The molecule has 0 amide bonds. The third-order valence-electron chi connectivity index (χ3n) is 3.86. The lowest BCUT2D eigenvalue weighted by Crippen LogP contribution is -2.25. The molecule has 0 saturated carbocycles. The van der Waals surface area contributed by atoms with Crippen molar-refractivity contribution in [2.75, 3.05) is 5.32 Å². The first kappa shape index (κ1) is 16.5. The zero-order valence-electron chi connectivity index (χ0n) is 14.4. The molecule has 2 aromatic rings. The van der Waals surface area contributed by atoms with E-state index in [0.29, 0.717) is 12.2 Å². The van der Waals surface area contributed by atoms with Crippen LogP contribution in [0, 0.1) is 5.92 Å². The van der Waals surface area contributed by atoms with E-state index in [0.717, 1.165) is 12.1 Å². The first-order valence-electron chi connectivity index (χ1n) is 8.12. The molecule has 2 heteroatoms. The van der Waals surface area contributed by atoms with Crippen molar-refractivity contribution in [2.24, 2.45) is 5.92 Å². The zero-order valence-corrected chi connectivity index (χ0v) is 14.4. The van der Waals surface area contributed by atoms with Gasteiger partial charge in [0.15, 0.2) is 0 Å². The van der Waals surface area contributed by atoms with Crippen molar-refractivity contribution in [1.29, 1.82) is 0 Å². The Balaban J connectivity index is 2.21. The molecule has 0 aliphatic rings. The van der Waals surface area contributed by atoms with Gasteiger partial charge in [0.1, 0.15) is 5.78 Å². The average Bonchev–Trinajstić information content (AvgIpc) is 2.44. The van der Waals surface area contributed by atoms with E-state index in [4.69, 9.17) is 0 Å². The van der Waals surface area contributed by atoms with Gasteiger partial charge in [-0.1, -0.05) is 38.1 Å². The summed E-state index contributed by atoms with van der Waals surface area (Å²) < 4.78 is 0. The maximum Gasteiger partial charge on any atom is 0.135 e. The minimum absolute atomic E-state index is 0.0591. The van der Waals surface area contributed by atoms with Gasteiger partial charge in [-0.15, -0.1) is 0 Å². The smallest absolute Gasteiger partial charge is 0.135 e. The summed E-state index contributed by atoms with van der Waals surface area (Å²) in [4.78, 5) is 11.7. The van der Waals surface area contributed by atoms with Crippen LogP contribution in [-0.4, -0.2) is 11.3 Å². The van der Waals surface area contributed by atoms with Gasteiger partial charge in [0.05, 0.1) is 0 Å². The van der Waals surface area contributed by atoms with E-state index in [1.807, 2.05) is 13.8 Å². The molecular weight excluding hydrogens is 270 g/mol. The number of fused-ring (bicyclic) bond motifs is 1. The number of hydrogen-bond acceptors (Lipinski definition) is 2. The summed E-state index contributed by atoms with van der Waals surface area (Å²) in [6.45, 7) is 10.4. The summed E-state index contributed by atoms with van der Waals surface area (Å²) in [5, 5.41) is 5.96. The molecule has 2 aromatic carbocycles. The van der Waals surface area contributed by atoms with Crippen LogP contribution in [0.25, 0.3) is 10.8 Å². The predicted molar refractivity (Wildman–Crippen MR) is 95.5 cm³/mol. The van der Waals surface area contributed by atoms with Gasteiger partial charge in [-0.05, 0) is 55.7 Å². The van der Waals surface area contributed by atoms with Crippen LogP contribution in [0.4, 0.5) is 5.69 Å². The Morgan fingerprint density at radius 1 is 1.09 bits per heavy atom. The van der Waals surface area contributed by atoms with E-state index in [9.17, 15) is 4.79 Å². The summed E-state index contributed by atoms with van der Waals surface area (Å²) in [6, 6.07) is 13.0. The number of rotatable bonds is 5. The molecule has 1 N–H and O–H groups in total. The Morgan fingerprint density at radius 2 is 1.73 bits per heavy atom. The molecule has 0 aliphatic heterocycles.